The highest BCUT2D eigenvalue weighted by atomic mass is 16.7. The molecule has 4 bridgehead atoms. The smallest absolute Gasteiger partial charge is 0.136 e. The van der Waals surface area contributed by atoms with Crippen LogP contribution < -0.4 is 0 Å². The number of hydrogen-bond donors (Lipinski definition) is 0. The van der Waals surface area contributed by atoms with Gasteiger partial charge in [-0.1, -0.05) is 0 Å². The van der Waals surface area contributed by atoms with E-state index in [2.05, 4.69) is 6.07 Å². The number of rotatable bonds is 1. The molecular formula is C16H22N2O. The molecule has 4 fully saturated rings. The van der Waals surface area contributed by atoms with Gasteiger partial charge in [-0.05, 0) is 68.6 Å². The molecule has 0 aromatic rings. The Morgan fingerprint density at radius 3 is 2.21 bits per heavy atom. The summed E-state index contributed by atoms with van der Waals surface area (Å²) in [5, 5.41) is 11.4. The van der Waals surface area contributed by atoms with Gasteiger partial charge in [0.1, 0.15) is 11.8 Å². The lowest BCUT2D eigenvalue weighted by Crippen LogP contribution is -2.52. The minimum absolute atomic E-state index is 0.222. The summed E-state index contributed by atoms with van der Waals surface area (Å²) in [6, 6.07) is 2.64. The molecular weight excluding hydrogens is 236 g/mol. The first-order valence-electron chi connectivity index (χ1n) is 7.69. The van der Waals surface area contributed by atoms with Gasteiger partial charge in [0, 0.05) is 7.05 Å². The molecule has 0 N–H and O–H groups in total. The van der Waals surface area contributed by atoms with E-state index in [0.29, 0.717) is 5.92 Å². The highest BCUT2D eigenvalue weighted by Crippen LogP contribution is 2.59. The SMILES string of the molecule is CC1=C(C#N)C(C2C3CC4CC(C3)CC2C4)N(C)O1. The molecule has 4 saturated carbocycles. The van der Waals surface area contributed by atoms with Gasteiger partial charge in [0.15, 0.2) is 0 Å². The largest absolute Gasteiger partial charge is 0.409 e. The van der Waals surface area contributed by atoms with Crippen LogP contribution in [0.1, 0.15) is 39.0 Å². The molecule has 1 unspecified atom stereocenters. The minimum atomic E-state index is 0.222. The van der Waals surface area contributed by atoms with Crippen molar-refractivity contribution in [3.63, 3.8) is 0 Å². The summed E-state index contributed by atoms with van der Waals surface area (Å²) in [5.74, 6) is 5.13. The van der Waals surface area contributed by atoms with Crippen LogP contribution in [-0.2, 0) is 4.84 Å². The first kappa shape index (κ1) is 11.8. The molecule has 5 aliphatic rings. The molecule has 1 aliphatic heterocycles. The average Bonchev–Trinajstić information content (AvgIpc) is 2.63. The second-order valence-electron chi connectivity index (χ2n) is 7.17. The van der Waals surface area contributed by atoms with E-state index >= 15 is 0 Å². The van der Waals surface area contributed by atoms with Crippen molar-refractivity contribution in [2.75, 3.05) is 7.05 Å². The third kappa shape index (κ3) is 1.59. The van der Waals surface area contributed by atoms with Gasteiger partial charge in [-0.25, -0.2) is 0 Å². The second kappa shape index (κ2) is 3.99. The Morgan fingerprint density at radius 1 is 1.11 bits per heavy atom. The van der Waals surface area contributed by atoms with E-state index in [9.17, 15) is 5.26 Å². The van der Waals surface area contributed by atoms with Crippen LogP contribution in [0.2, 0.25) is 0 Å². The molecule has 0 radical (unpaired) electrons. The molecule has 1 heterocycles. The predicted octanol–water partition coefficient (Wildman–Crippen LogP) is 3.10. The number of hydroxylamine groups is 2. The maximum atomic E-state index is 9.46. The monoisotopic (exact) mass is 258 g/mol. The third-order valence-electron chi connectivity index (χ3n) is 6.13. The van der Waals surface area contributed by atoms with Gasteiger partial charge in [-0.15, -0.1) is 5.06 Å². The highest BCUT2D eigenvalue weighted by Gasteiger charge is 2.53. The first-order chi connectivity index (χ1) is 9.17. The van der Waals surface area contributed by atoms with Crippen LogP contribution in [0.3, 0.4) is 0 Å². The topological polar surface area (TPSA) is 36.3 Å². The van der Waals surface area contributed by atoms with Crippen molar-refractivity contribution in [2.45, 2.75) is 45.1 Å². The van der Waals surface area contributed by atoms with Gasteiger partial charge >= 0.3 is 0 Å². The summed E-state index contributed by atoms with van der Waals surface area (Å²) in [5.41, 5.74) is 0.889. The average molecular weight is 258 g/mol. The fraction of sp³-hybridized carbons (Fsp3) is 0.812. The lowest BCUT2D eigenvalue weighted by molar-refractivity contribution is -0.144. The van der Waals surface area contributed by atoms with Crippen LogP contribution in [0.5, 0.6) is 0 Å². The zero-order chi connectivity index (χ0) is 13.1. The lowest BCUT2D eigenvalue weighted by Gasteiger charge is -2.56. The molecule has 102 valence electrons. The predicted molar refractivity (Wildman–Crippen MR) is 71.5 cm³/mol. The van der Waals surface area contributed by atoms with Crippen molar-refractivity contribution < 1.29 is 4.84 Å². The molecule has 3 heteroatoms. The van der Waals surface area contributed by atoms with Crippen molar-refractivity contribution in [3.05, 3.63) is 11.3 Å². The number of nitriles is 1. The summed E-state index contributed by atoms with van der Waals surface area (Å²) in [7, 11) is 2.00. The third-order valence-corrected chi connectivity index (χ3v) is 6.13. The summed E-state index contributed by atoms with van der Waals surface area (Å²) >= 11 is 0. The normalized spacial score (nSPS) is 48.5. The molecule has 1 atom stereocenters. The highest BCUT2D eigenvalue weighted by molar-refractivity contribution is 5.33. The molecule has 5 rings (SSSR count). The zero-order valence-electron chi connectivity index (χ0n) is 11.8. The van der Waals surface area contributed by atoms with Crippen molar-refractivity contribution in [1.29, 1.82) is 5.26 Å². The molecule has 0 amide bonds. The Kier molecular flexibility index (Phi) is 2.48. The molecule has 0 aromatic carbocycles. The standard InChI is InChI=1S/C16H22N2O/c1-9-14(8-17)16(18(2)19-9)15-12-4-10-3-11(6-12)7-13(15)5-10/h10-13,15-16H,3-7H2,1-2H3. The maximum Gasteiger partial charge on any atom is 0.136 e. The Bertz CT molecular complexity index is 448. The number of allylic oxidation sites excluding steroid dienone is 1. The van der Waals surface area contributed by atoms with Crippen LogP contribution in [0, 0.1) is 40.9 Å². The Hall–Kier alpha value is -1.01. The van der Waals surface area contributed by atoms with Gasteiger partial charge in [-0.3, -0.25) is 0 Å². The van der Waals surface area contributed by atoms with Crippen molar-refractivity contribution in [1.82, 2.24) is 5.06 Å². The molecule has 0 aromatic heterocycles. The van der Waals surface area contributed by atoms with Crippen molar-refractivity contribution >= 4 is 0 Å². The van der Waals surface area contributed by atoms with E-state index in [1.54, 1.807) is 0 Å². The van der Waals surface area contributed by atoms with Gasteiger partial charge in [-0.2, -0.15) is 5.26 Å². The number of likely N-dealkylation sites (N-methyl/N-ethyl adjacent to an activating group) is 1. The fourth-order valence-electron chi connectivity index (χ4n) is 5.77. The van der Waals surface area contributed by atoms with Crippen LogP contribution >= 0.6 is 0 Å². The fourth-order valence-corrected chi connectivity index (χ4v) is 5.77. The zero-order valence-corrected chi connectivity index (χ0v) is 11.8. The quantitative estimate of drug-likeness (QED) is 0.725. The second-order valence-corrected chi connectivity index (χ2v) is 7.17. The van der Waals surface area contributed by atoms with Gasteiger partial charge in [0.05, 0.1) is 11.6 Å². The molecule has 0 spiro atoms. The lowest BCUT2D eigenvalue weighted by atomic mass is 9.50. The molecule has 0 saturated heterocycles. The van der Waals surface area contributed by atoms with E-state index in [1.807, 2.05) is 19.0 Å². The van der Waals surface area contributed by atoms with E-state index in [1.165, 1.54) is 32.1 Å². The minimum Gasteiger partial charge on any atom is -0.409 e. The van der Waals surface area contributed by atoms with Crippen LogP contribution in [-0.4, -0.2) is 18.2 Å². The molecule has 19 heavy (non-hydrogen) atoms. The summed E-state index contributed by atoms with van der Waals surface area (Å²) < 4.78 is 0. The van der Waals surface area contributed by atoms with E-state index in [-0.39, 0.29) is 6.04 Å². The Balaban J connectivity index is 1.68. The van der Waals surface area contributed by atoms with E-state index in [0.717, 1.165) is 35.0 Å². The Morgan fingerprint density at radius 2 is 1.68 bits per heavy atom. The first-order valence-corrected chi connectivity index (χ1v) is 7.69. The summed E-state index contributed by atoms with van der Waals surface area (Å²) in [4.78, 5) is 5.72. The van der Waals surface area contributed by atoms with Gasteiger partial charge < -0.3 is 4.84 Å². The maximum absolute atomic E-state index is 9.46. The molecule has 3 nitrogen and oxygen atoms in total. The van der Waals surface area contributed by atoms with Gasteiger partial charge in [0.25, 0.3) is 0 Å². The molecule has 4 aliphatic carbocycles. The number of nitrogens with zero attached hydrogens (tertiary/aromatic N) is 2. The van der Waals surface area contributed by atoms with Crippen LogP contribution in [0.4, 0.5) is 0 Å². The van der Waals surface area contributed by atoms with Crippen molar-refractivity contribution in [2.24, 2.45) is 29.6 Å². The van der Waals surface area contributed by atoms with Crippen molar-refractivity contribution in [3.8, 4) is 6.07 Å². The van der Waals surface area contributed by atoms with E-state index < -0.39 is 0 Å². The van der Waals surface area contributed by atoms with Crippen LogP contribution in [0.25, 0.3) is 0 Å². The number of hydrogen-bond acceptors (Lipinski definition) is 3. The summed E-state index contributed by atoms with van der Waals surface area (Å²) in [6.45, 7) is 1.94. The van der Waals surface area contributed by atoms with E-state index in [4.69, 9.17) is 4.84 Å². The summed E-state index contributed by atoms with van der Waals surface area (Å²) in [6.07, 6.45) is 7.09. The Labute approximate surface area is 115 Å². The van der Waals surface area contributed by atoms with Crippen LogP contribution in [0.15, 0.2) is 11.3 Å². The van der Waals surface area contributed by atoms with Gasteiger partial charge in [0.2, 0.25) is 0 Å².